The molecule has 25 heavy (non-hydrogen) atoms. The van der Waals surface area contributed by atoms with Crippen molar-refractivity contribution in [3.8, 4) is 11.4 Å². The van der Waals surface area contributed by atoms with E-state index >= 15 is 0 Å². The third kappa shape index (κ3) is 3.96. The molecule has 0 unspecified atom stereocenters. The molecule has 3 aromatic heterocycles. The third-order valence-corrected chi connectivity index (χ3v) is 3.72. The minimum Gasteiger partial charge on any atom is -0.309 e. The molecule has 5 nitrogen and oxygen atoms in total. The van der Waals surface area contributed by atoms with Crippen molar-refractivity contribution in [3.63, 3.8) is 0 Å². The van der Waals surface area contributed by atoms with Gasteiger partial charge in [0.1, 0.15) is 17.2 Å². The number of aromatic nitrogens is 3. The molecule has 3 aromatic rings. The van der Waals surface area contributed by atoms with Crippen molar-refractivity contribution >= 4 is 29.0 Å². The van der Waals surface area contributed by atoms with Gasteiger partial charge in [0.25, 0.3) is 0 Å². The van der Waals surface area contributed by atoms with Crippen LogP contribution in [0.1, 0.15) is 27.2 Å². The van der Waals surface area contributed by atoms with Crippen molar-refractivity contribution in [3.05, 3.63) is 47.5 Å². The SMILES string of the molecule is CC(C)(C)CC(=O)Nc1nc2ccc(F)cn2c1-c1ccc(Cl)cn1. The highest BCUT2D eigenvalue weighted by Gasteiger charge is 2.21. The molecular weight excluding hydrogens is 343 g/mol. The molecular formula is C18H18ClFN4O. The van der Waals surface area contributed by atoms with Crippen LogP contribution < -0.4 is 5.32 Å². The summed E-state index contributed by atoms with van der Waals surface area (Å²) in [5.74, 6) is -0.228. The maximum atomic E-state index is 13.7. The van der Waals surface area contributed by atoms with Gasteiger partial charge in [-0.1, -0.05) is 32.4 Å². The van der Waals surface area contributed by atoms with Gasteiger partial charge in [0, 0.05) is 18.8 Å². The van der Waals surface area contributed by atoms with Crippen molar-refractivity contribution in [1.29, 1.82) is 0 Å². The molecule has 0 aliphatic carbocycles. The number of fused-ring (bicyclic) bond motifs is 1. The number of nitrogens with one attached hydrogen (secondary N) is 1. The second kappa shape index (κ2) is 6.44. The minimum atomic E-state index is -0.410. The van der Waals surface area contributed by atoms with Crippen molar-refractivity contribution < 1.29 is 9.18 Å². The fourth-order valence-corrected chi connectivity index (χ4v) is 2.64. The molecule has 0 spiro atoms. The molecule has 0 saturated carbocycles. The first-order valence-corrected chi connectivity index (χ1v) is 8.20. The van der Waals surface area contributed by atoms with Crippen LogP contribution in [0.15, 0.2) is 36.7 Å². The normalized spacial score (nSPS) is 11.7. The number of hydrogen-bond donors (Lipinski definition) is 1. The van der Waals surface area contributed by atoms with E-state index in [1.807, 2.05) is 20.8 Å². The average Bonchev–Trinajstić information content (AvgIpc) is 2.83. The fourth-order valence-electron chi connectivity index (χ4n) is 2.52. The standard InChI is InChI=1S/C18H18ClFN4O/c1-18(2,3)8-15(25)23-17-16(13-6-4-11(19)9-21-13)24-10-12(20)5-7-14(24)22-17/h4-7,9-10H,8H2,1-3H3,(H,23,25). The van der Waals surface area contributed by atoms with Crippen molar-refractivity contribution in [1.82, 2.24) is 14.4 Å². The van der Waals surface area contributed by atoms with E-state index in [0.29, 0.717) is 34.3 Å². The summed E-state index contributed by atoms with van der Waals surface area (Å²) in [7, 11) is 0. The van der Waals surface area contributed by atoms with E-state index in [4.69, 9.17) is 11.6 Å². The number of anilines is 1. The summed E-state index contributed by atoms with van der Waals surface area (Å²) in [5.41, 5.74) is 1.40. The van der Waals surface area contributed by atoms with Gasteiger partial charge in [0.15, 0.2) is 5.82 Å². The van der Waals surface area contributed by atoms with E-state index in [1.54, 1.807) is 22.6 Å². The average molecular weight is 361 g/mol. The van der Waals surface area contributed by atoms with E-state index in [0.717, 1.165) is 0 Å². The van der Waals surface area contributed by atoms with Crippen LogP contribution >= 0.6 is 11.6 Å². The highest BCUT2D eigenvalue weighted by atomic mass is 35.5. The number of carbonyl (C=O) groups excluding carboxylic acids is 1. The van der Waals surface area contributed by atoms with Gasteiger partial charge in [-0.15, -0.1) is 0 Å². The summed E-state index contributed by atoms with van der Waals surface area (Å²) in [6.45, 7) is 5.94. The predicted octanol–water partition coefficient (Wildman–Crippen LogP) is 4.56. The summed E-state index contributed by atoms with van der Waals surface area (Å²) in [6, 6.07) is 6.26. The van der Waals surface area contributed by atoms with Gasteiger partial charge < -0.3 is 5.32 Å². The van der Waals surface area contributed by atoms with Crippen LogP contribution in [0.3, 0.4) is 0 Å². The van der Waals surface area contributed by atoms with E-state index in [9.17, 15) is 9.18 Å². The number of hydrogen-bond acceptors (Lipinski definition) is 3. The molecule has 3 heterocycles. The molecule has 0 saturated heterocycles. The highest BCUT2D eigenvalue weighted by molar-refractivity contribution is 6.30. The number of imidazole rings is 1. The quantitative estimate of drug-likeness (QED) is 0.744. The maximum Gasteiger partial charge on any atom is 0.226 e. The van der Waals surface area contributed by atoms with Crippen LogP contribution in [0.25, 0.3) is 17.0 Å². The van der Waals surface area contributed by atoms with Crippen LogP contribution in [-0.2, 0) is 4.79 Å². The largest absolute Gasteiger partial charge is 0.309 e. The van der Waals surface area contributed by atoms with Gasteiger partial charge in [-0.05, 0) is 29.7 Å². The van der Waals surface area contributed by atoms with Gasteiger partial charge in [-0.2, -0.15) is 0 Å². The van der Waals surface area contributed by atoms with Gasteiger partial charge in [0.2, 0.25) is 5.91 Å². The molecule has 7 heteroatoms. The number of carbonyl (C=O) groups is 1. The number of pyridine rings is 2. The number of amides is 1. The van der Waals surface area contributed by atoms with Gasteiger partial charge >= 0.3 is 0 Å². The molecule has 3 rings (SSSR count). The molecule has 0 aromatic carbocycles. The molecule has 0 bridgehead atoms. The van der Waals surface area contributed by atoms with Crippen molar-refractivity contribution in [2.24, 2.45) is 5.41 Å². The molecule has 1 N–H and O–H groups in total. The summed E-state index contributed by atoms with van der Waals surface area (Å²) in [6.07, 6.45) is 3.15. The second-order valence-corrected chi connectivity index (χ2v) is 7.47. The Labute approximate surface area is 149 Å². The summed E-state index contributed by atoms with van der Waals surface area (Å²) in [5, 5.41) is 3.31. The zero-order chi connectivity index (χ0) is 18.2. The zero-order valence-corrected chi connectivity index (χ0v) is 14.9. The lowest BCUT2D eigenvalue weighted by Crippen LogP contribution is -2.20. The van der Waals surface area contributed by atoms with Crippen LogP contribution in [0.2, 0.25) is 5.02 Å². The van der Waals surface area contributed by atoms with Gasteiger partial charge in [-0.25, -0.2) is 9.37 Å². The Morgan fingerprint density at radius 2 is 2.04 bits per heavy atom. The molecule has 0 atom stereocenters. The monoisotopic (exact) mass is 360 g/mol. The molecule has 130 valence electrons. The van der Waals surface area contributed by atoms with E-state index in [2.05, 4.69) is 15.3 Å². The number of halogens is 2. The molecule has 0 aliphatic rings. The Bertz CT molecular complexity index is 929. The Morgan fingerprint density at radius 1 is 1.28 bits per heavy atom. The second-order valence-electron chi connectivity index (χ2n) is 7.03. The summed E-state index contributed by atoms with van der Waals surface area (Å²) < 4.78 is 15.3. The zero-order valence-electron chi connectivity index (χ0n) is 14.2. The lowest BCUT2D eigenvalue weighted by Gasteiger charge is -2.17. The third-order valence-electron chi connectivity index (χ3n) is 3.50. The first kappa shape index (κ1) is 17.4. The van der Waals surface area contributed by atoms with Crippen LogP contribution in [0.4, 0.5) is 10.2 Å². The highest BCUT2D eigenvalue weighted by Crippen LogP contribution is 2.29. The number of nitrogens with zero attached hydrogens (tertiary/aromatic N) is 3. The Kier molecular flexibility index (Phi) is 4.47. The van der Waals surface area contributed by atoms with E-state index in [-0.39, 0.29) is 11.3 Å². The first-order chi connectivity index (χ1) is 11.7. The van der Waals surface area contributed by atoms with E-state index in [1.165, 1.54) is 18.5 Å². The minimum absolute atomic E-state index is 0.159. The van der Waals surface area contributed by atoms with Crippen molar-refractivity contribution in [2.45, 2.75) is 27.2 Å². The smallest absolute Gasteiger partial charge is 0.226 e. The van der Waals surface area contributed by atoms with Gasteiger partial charge in [0.05, 0.1) is 10.7 Å². The molecule has 1 amide bonds. The Morgan fingerprint density at radius 3 is 2.68 bits per heavy atom. The van der Waals surface area contributed by atoms with Crippen LogP contribution in [0.5, 0.6) is 0 Å². The van der Waals surface area contributed by atoms with Crippen molar-refractivity contribution in [2.75, 3.05) is 5.32 Å². The maximum absolute atomic E-state index is 13.7. The first-order valence-electron chi connectivity index (χ1n) is 7.82. The van der Waals surface area contributed by atoms with Crippen LogP contribution in [0, 0.1) is 11.2 Å². The van der Waals surface area contributed by atoms with E-state index < -0.39 is 5.82 Å². The lowest BCUT2D eigenvalue weighted by atomic mass is 9.92. The molecule has 0 aliphatic heterocycles. The molecule has 0 radical (unpaired) electrons. The molecule has 0 fully saturated rings. The predicted molar refractivity (Wildman–Crippen MR) is 96.1 cm³/mol. The summed E-state index contributed by atoms with van der Waals surface area (Å²) in [4.78, 5) is 21.0. The Balaban J connectivity index is 2.09. The lowest BCUT2D eigenvalue weighted by molar-refractivity contribution is -0.117. The number of rotatable bonds is 3. The topological polar surface area (TPSA) is 59.3 Å². The Hall–Kier alpha value is -2.47. The summed E-state index contributed by atoms with van der Waals surface area (Å²) >= 11 is 5.90. The van der Waals surface area contributed by atoms with Crippen LogP contribution in [-0.4, -0.2) is 20.3 Å². The van der Waals surface area contributed by atoms with Gasteiger partial charge in [-0.3, -0.25) is 14.2 Å². The fraction of sp³-hybridized carbons (Fsp3) is 0.278.